The molecule has 2 rings (SSSR count). The minimum atomic E-state index is -0.415. The number of rotatable bonds is 1. The van der Waals surface area contributed by atoms with Gasteiger partial charge in [0, 0.05) is 0 Å². The van der Waals surface area contributed by atoms with Crippen molar-refractivity contribution >= 4 is 35.4 Å². The van der Waals surface area contributed by atoms with Crippen LogP contribution < -0.4 is 5.73 Å². The second kappa shape index (κ2) is 4.18. The van der Waals surface area contributed by atoms with Gasteiger partial charge >= 0.3 is 5.97 Å². The van der Waals surface area contributed by atoms with Gasteiger partial charge in [-0.15, -0.1) is 12.4 Å². The lowest BCUT2D eigenvalue weighted by Crippen LogP contribution is -2.01. The summed E-state index contributed by atoms with van der Waals surface area (Å²) in [5, 5.41) is 0. The van der Waals surface area contributed by atoms with Gasteiger partial charge in [-0.25, -0.2) is 9.78 Å². The zero-order valence-corrected chi connectivity index (χ0v) is 8.80. The minimum Gasteiger partial charge on any atom is -0.465 e. The van der Waals surface area contributed by atoms with E-state index in [0.29, 0.717) is 11.1 Å². The lowest BCUT2D eigenvalue weighted by atomic mass is 10.2. The first-order chi connectivity index (χ1) is 6.72. The third kappa shape index (κ3) is 1.87. The van der Waals surface area contributed by atoms with E-state index in [1.165, 1.54) is 7.11 Å². The molecule has 5 nitrogen and oxygen atoms in total. The number of aromatic amines is 1. The topological polar surface area (TPSA) is 81.0 Å². The van der Waals surface area contributed by atoms with Crippen molar-refractivity contribution in [3.8, 4) is 0 Å². The number of nitrogens with zero attached hydrogens (tertiary/aromatic N) is 1. The number of benzene rings is 1. The van der Waals surface area contributed by atoms with Crippen molar-refractivity contribution in [3.05, 3.63) is 23.8 Å². The average Bonchev–Trinajstić information content (AvgIpc) is 2.56. The second-order valence-corrected chi connectivity index (χ2v) is 2.82. The van der Waals surface area contributed by atoms with Crippen LogP contribution in [0.15, 0.2) is 18.2 Å². The third-order valence-corrected chi connectivity index (χ3v) is 1.94. The molecule has 0 aliphatic rings. The van der Waals surface area contributed by atoms with E-state index in [1.54, 1.807) is 18.2 Å². The van der Waals surface area contributed by atoms with E-state index in [2.05, 4.69) is 14.7 Å². The number of ether oxygens (including phenoxy) is 1. The van der Waals surface area contributed by atoms with E-state index in [-0.39, 0.29) is 18.4 Å². The first-order valence-corrected chi connectivity index (χ1v) is 4.05. The van der Waals surface area contributed by atoms with E-state index in [9.17, 15) is 4.79 Å². The molecule has 0 aliphatic carbocycles. The fraction of sp³-hybridized carbons (Fsp3) is 0.111. The van der Waals surface area contributed by atoms with Gasteiger partial charge in [-0.05, 0) is 12.1 Å². The summed E-state index contributed by atoms with van der Waals surface area (Å²) in [5.41, 5.74) is 7.16. The van der Waals surface area contributed by atoms with E-state index < -0.39 is 5.97 Å². The molecule has 0 bridgehead atoms. The molecule has 80 valence electrons. The molecule has 6 heteroatoms. The number of H-pyrrole nitrogens is 1. The normalized spacial score (nSPS) is 9.67. The Labute approximate surface area is 92.0 Å². The number of aromatic nitrogens is 2. The summed E-state index contributed by atoms with van der Waals surface area (Å²) < 4.78 is 4.62. The summed E-state index contributed by atoms with van der Waals surface area (Å²) in [7, 11) is 1.33. The summed E-state index contributed by atoms with van der Waals surface area (Å²) >= 11 is 0. The van der Waals surface area contributed by atoms with Crippen LogP contribution in [-0.4, -0.2) is 23.0 Å². The Morgan fingerprint density at radius 3 is 2.93 bits per heavy atom. The van der Waals surface area contributed by atoms with Gasteiger partial charge in [-0.3, -0.25) is 0 Å². The Balaban J connectivity index is 0.00000112. The summed E-state index contributed by atoms with van der Waals surface area (Å²) in [6, 6.07) is 5.19. The van der Waals surface area contributed by atoms with Crippen LogP contribution in [0.2, 0.25) is 0 Å². The van der Waals surface area contributed by atoms with Gasteiger partial charge in [0.05, 0.1) is 18.2 Å². The number of esters is 1. The highest BCUT2D eigenvalue weighted by Gasteiger charge is 2.12. The van der Waals surface area contributed by atoms with Gasteiger partial charge < -0.3 is 15.5 Å². The standard InChI is InChI=1S/C9H9N3O2.ClH/c1-14-8(13)5-3-2-4-6-7(5)12-9(10)11-6;/h2-4H,1H3,(H3,10,11,12);1H. The van der Waals surface area contributed by atoms with Gasteiger partial charge in [0.15, 0.2) is 5.95 Å². The largest absolute Gasteiger partial charge is 0.465 e. The van der Waals surface area contributed by atoms with Gasteiger partial charge in [0.2, 0.25) is 0 Å². The first-order valence-electron chi connectivity index (χ1n) is 4.05. The Morgan fingerprint density at radius 1 is 1.53 bits per heavy atom. The van der Waals surface area contributed by atoms with Crippen LogP contribution in [0.3, 0.4) is 0 Å². The van der Waals surface area contributed by atoms with Crippen LogP contribution in [0.5, 0.6) is 0 Å². The number of carbonyl (C=O) groups excluding carboxylic acids is 1. The third-order valence-electron chi connectivity index (χ3n) is 1.94. The summed E-state index contributed by atoms with van der Waals surface area (Å²) in [6.45, 7) is 0. The molecule has 15 heavy (non-hydrogen) atoms. The number of hydrogen-bond donors (Lipinski definition) is 2. The Bertz CT molecular complexity index is 495. The minimum absolute atomic E-state index is 0. The van der Waals surface area contributed by atoms with Crippen molar-refractivity contribution in [1.29, 1.82) is 0 Å². The van der Waals surface area contributed by atoms with Crippen molar-refractivity contribution in [2.75, 3.05) is 12.8 Å². The molecule has 0 unspecified atom stereocenters. The number of para-hydroxylation sites is 1. The number of halogens is 1. The summed E-state index contributed by atoms with van der Waals surface area (Å²) in [6.07, 6.45) is 0. The number of carbonyl (C=O) groups is 1. The highest BCUT2D eigenvalue weighted by molar-refractivity contribution is 6.02. The van der Waals surface area contributed by atoms with Crippen LogP contribution in [-0.2, 0) is 4.74 Å². The smallest absolute Gasteiger partial charge is 0.340 e. The highest BCUT2D eigenvalue weighted by Crippen LogP contribution is 2.17. The monoisotopic (exact) mass is 227 g/mol. The Morgan fingerprint density at radius 2 is 2.27 bits per heavy atom. The predicted octanol–water partition coefficient (Wildman–Crippen LogP) is 1.35. The Kier molecular flexibility index (Phi) is 3.16. The fourth-order valence-corrected chi connectivity index (χ4v) is 1.33. The van der Waals surface area contributed by atoms with Crippen molar-refractivity contribution in [2.24, 2.45) is 0 Å². The fourth-order valence-electron chi connectivity index (χ4n) is 1.33. The number of anilines is 1. The van der Waals surface area contributed by atoms with Crippen LogP contribution in [0, 0.1) is 0 Å². The highest BCUT2D eigenvalue weighted by atomic mass is 35.5. The lowest BCUT2D eigenvalue weighted by molar-refractivity contribution is 0.0603. The van der Waals surface area contributed by atoms with Crippen molar-refractivity contribution < 1.29 is 9.53 Å². The number of nitrogens with one attached hydrogen (secondary N) is 1. The molecule has 0 saturated heterocycles. The molecule has 0 spiro atoms. The zero-order valence-electron chi connectivity index (χ0n) is 7.98. The molecule has 0 fully saturated rings. The van der Waals surface area contributed by atoms with Crippen LogP contribution >= 0.6 is 12.4 Å². The van der Waals surface area contributed by atoms with Crippen molar-refractivity contribution in [2.45, 2.75) is 0 Å². The molecule has 1 aromatic carbocycles. The van der Waals surface area contributed by atoms with E-state index in [1.807, 2.05) is 0 Å². The first kappa shape index (κ1) is 11.3. The number of fused-ring (bicyclic) bond motifs is 1. The van der Waals surface area contributed by atoms with Gasteiger partial charge in [-0.2, -0.15) is 0 Å². The van der Waals surface area contributed by atoms with Gasteiger partial charge in [-0.1, -0.05) is 6.07 Å². The molecule has 0 radical (unpaired) electrons. The molecule has 3 N–H and O–H groups in total. The predicted molar refractivity (Wildman–Crippen MR) is 59.1 cm³/mol. The Hall–Kier alpha value is -1.75. The molecule has 0 atom stereocenters. The van der Waals surface area contributed by atoms with Crippen LogP contribution in [0.1, 0.15) is 10.4 Å². The van der Waals surface area contributed by atoms with E-state index in [4.69, 9.17) is 5.73 Å². The maximum atomic E-state index is 11.3. The second-order valence-electron chi connectivity index (χ2n) is 2.82. The zero-order chi connectivity index (χ0) is 10.1. The number of methoxy groups -OCH3 is 1. The SMILES string of the molecule is COC(=O)c1cccc2[nH]c(N)nc12.Cl. The van der Waals surface area contributed by atoms with Crippen molar-refractivity contribution in [1.82, 2.24) is 9.97 Å². The molecule has 0 amide bonds. The van der Waals surface area contributed by atoms with E-state index in [0.717, 1.165) is 5.52 Å². The summed E-state index contributed by atoms with van der Waals surface area (Å²) in [4.78, 5) is 18.2. The average molecular weight is 228 g/mol. The van der Waals surface area contributed by atoms with Gasteiger partial charge in [0.1, 0.15) is 5.52 Å². The molecule has 0 aliphatic heterocycles. The summed E-state index contributed by atoms with van der Waals surface area (Å²) in [5.74, 6) is -0.126. The van der Waals surface area contributed by atoms with Crippen LogP contribution in [0.4, 0.5) is 5.95 Å². The van der Waals surface area contributed by atoms with Crippen molar-refractivity contribution in [3.63, 3.8) is 0 Å². The molecule has 1 aromatic heterocycles. The van der Waals surface area contributed by atoms with Gasteiger partial charge in [0.25, 0.3) is 0 Å². The van der Waals surface area contributed by atoms with E-state index >= 15 is 0 Å². The maximum absolute atomic E-state index is 11.3. The number of nitrogens with two attached hydrogens (primary N) is 1. The molecule has 2 aromatic rings. The van der Waals surface area contributed by atoms with Crippen LogP contribution in [0.25, 0.3) is 11.0 Å². The number of imidazole rings is 1. The number of hydrogen-bond acceptors (Lipinski definition) is 4. The molecule has 1 heterocycles. The molecule has 0 saturated carbocycles. The number of nitrogen functional groups attached to an aromatic ring is 1. The quantitative estimate of drug-likeness (QED) is 0.721. The molecular formula is C9H10ClN3O2. The molecular weight excluding hydrogens is 218 g/mol. The maximum Gasteiger partial charge on any atom is 0.340 e. The lowest BCUT2D eigenvalue weighted by Gasteiger charge is -1.98.